The van der Waals surface area contributed by atoms with Gasteiger partial charge in [-0.1, -0.05) is 73.1 Å². The maximum atomic E-state index is 8.07. The first kappa shape index (κ1) is 33.8. The van der Waals surface area contributed by atoms with Gasteiger partial charge in [0.25, 0.3) is 0 Å². The van der Waals surface area contributed by atoms with Crippen molar-refractivity contribution in [2.45, 2.75) is 93.9 Å². The minimum atomic E-state index is 0. The summed E-state index contributed by atoms with van der Waals surface area (Å²) in [6, 6.07) is 0. The van der Waals surface area contributed by atoms with Gasteiger partial charge in [0, 0.05) is 46.0 Å². The Hall–Kier alpha value is 0.243. The number of aliphatic hydroxyl groups is 3. The third-order valence-corrected chi connectivity index (χ3v) is 4.10. The fraction of sp³-hybridized carbons (Fsp3) is 0.818. The number of unbranched alkanes of at least 4 members (excludes halogenated alkanes) is 3. The van der Waals surface area contributed by atoms with E-state index >= 15 is 0 Å². The van der Waals surface area contributed by atoms with Gasteiger partial charge in [-0.15, -0.1) is 6.92 Å². The normalized spacial score (nSPS) is 13.9. The molecule has 1 aliphatic rings. The molecule has 0 aromatic rings. The summed E-state index contributed by atoms with van der Waals surface area (Å²) in [6.07, 6.45) is 9.55. The van der Waals surface area contributed by atoms with Crippen molar-refractivity contribution < 1.29 is 41.5 Å². The van der Waals surface area contributed by atoms with Gasteiger partial charge in [-0.05, 0) is 19.3 Å². The number of rotatable bonds is 6. The molecule has 0 bridgehead atoms. The van der Waals surface area contributed by atoms with Crippen molar-refractivity contribution in [3.63, 3.8) is 0 Å². The molecule has 0 aromatic heterocycles. The van der Waals surface area contributed by atoms with Crippen molar-refractivity contribution in [1.29, 1.82) is 0 Å². The molecular formula is C22H45O3Zr-. The molecule has 0 spiro atoms. The molecule has 0 aromatic carbocycles. The second kappa shape index (κ2) is 23.3. The zero-order valence-electron chi connectivity index (χ0n) is 18.7. The summed E-state index contributed by atoms with van der Waals surface area (Å²) < 4.78 is 0. The Morgan fingerprint density at radius 3 is 1.08 bits per heavy atom. The van der Waals surface area contributed by atoms with Crippen molar-refractivity contribution in [2.75, 3.05) is 19.8 Å². The van der Waals surface area contributed by atoms with Crippen molar-refractivity contribution in [2.24, 2.45) is 5.41 Å². The smallest absolute Gasteiger partial charge is 0.0430 e. The van der Waals surface area contributed by atoms with Crippen molar-refractivity contribution in [3.05, 3.63) is 22.8 Å². The van der Waals surface area contributed by atoms with E-state index in [1.807, 2.05) is 0 Å². The molecule has 3 N–H and O–H groups in total. The molecule has 0 fully saturated rings. The van der Waals surface area contributed by atoms with Crippen LogP contribution in [0.1, 0.15) is 93.9 Å². The molecule has 4 heteroatoms. The van der Waals surface area contributed by atoms with Crippen LogP contribution in [-0.4, -0.2) is 35.1 Å². The zero-order chi connectivity index (χ0) is 20.3. The summed E-state index contributed by atoms with van der Waals surface area (Å²) in [5.74, 6) is 0. The van der Waals surface area contributed by atoms with Gasteiger partial charge in [0.05, 0.1) is 0 Å². The molecule has 0 atom stereocenters. The topological polar surface area (TPSA) is 60.7 Å². The van der Waals surface area contributed by atoms with E-state index in [0.717, 1.165) is 38.5 Å². The largest absolute Gasteiger partial charge is 0.396 e. The van der Waals surface area contributed by atoms with E-state index in [0.29, 0.717) is 19.8 Å². The van der Waals surface area contributed by atoms with Crippen LogP contribution in [0.3, 0.4) is 0 Å². The van der Waals surface area contributed by atoms with Crippen molar-refractivity contribution >= 4 is 0 Å². The maximum Gasteiger partial charge on any atom is 0.0430 e. The molecule has 0 radical (unpaired) electrons. The van der Waals surface area contributed by atoms with Crippen LogP contribution in [0.5, 0.6) is 0 Å². The molecule has 0 saturated heterocycles. The van der Waals surface area contributed by atoms with Crippen LogP contribution in [0.25, 0.3) is 0 Å². The standard InChI is InChI=1S/C10H15.3C4H10O.Zr/c1-7-6-10(4,5)9(3)8(7)2;3*1-2-3-4-5;/h1-5H3;3*5H,2-4H2,1H3;/q-1;;;;. The molecule has 0 heterocycles. The molecule has 3 nitrogen and oxygen atoms in total. The van der Waals surface area contributed by atoms with Crippen LogP contribution in [0.4, 0.5) is 0 Å². The zero-order valence-corrected chi connectivity index (χ0v) is 21.2. The van der Waals surface area contributed by atoms with Gasteiger partial charge in [-0.3, -0.25) is 6.08 Å². The molecule has 26 heavy (non-hydrogen) atoms. The molecule has 156 valence electrons. The Kier molecular flexibility index (Phi) is 30.3. The second-order valence-corrected chi connectivity index (χ2v) is 6.86. The van der Waals surface area contributed by atoms with Gasteiger partial charge in [-0.2, -0.15) is 11.1 Å². The first-order chi connectivity index (χ1) is 11.7. The first-order valence-corrected chi connectivity index (χ1v) is 9.82. The van der Waals surface area contributed by atoms with Gasteiger partial charge < -0.3 is 15.3 Å². The van der Waals surface area contributed by atoms with E-state index in [1.165, 1.54) is 16.7 Å². The van der Waals surface area contributed by atoms with Gasteiger partial charge in [0.15, 0.2) is 0 Å². The molecule has 0 unspecified atom stereocenters. The van der Waals surface area contributed by atoms with Crippen molar-refractivity contribution in [3.8, 4) is 0 Å². The molecule has 1 aliphatic carbocycles. The summed E-state index contributed by atoms with van der Waals surface area (Å²) in [4.78, 5) is 0. The Morgan fingerprint density at radius 1 is 0.731 bits per heavy atom. The summed E-state index contributed by atoms with van der Waals surface area (Å²) in [7, 11) is 0. The van der Waals surface area contributed by atoms with E-state index in [1.54, 1.807) is 0 Å². The molecule has 0 saturated carbocycles. The van der Waals surface area contributed by atoms with E-state index in [9.17, 15) is 0 Å². The second-order valence-electron chi connectivity index (χ2n) is 6.86. The monoisotopic (exact) mass is 447 g/mol. The third kappa shape index (κ3) is 20.6. The Bertz CT molecular complexity index is 327. The van der Waals surface area contributed by atoms with E-state index in [-0.39, 0.29) is 31.6 Å². The van der Waals surface area contributed by atoms with Crippen LogP contribution in [0, 0.1) is 11.5 Å². The van der Waals surface area contributed by atoms with E-state index < -0.39 is 0 Å². The number of allylic oxidation sites excluding steroid dienone is 4. The van der Waals surface area contributed by atoms with Gasteiger partial charge in [-0.25, -0.2) is 5.57 Å². The fourth-order valence-electron chi connectivity index (χ4n) is 1.88. The van der Waals surface area contributed by atoms with Crippen LogP contribution in [-0.2, 0) is 26.2 Å². The maximum absolute atomic E-state index is 8.07. The number of hydrogen-bond acceptors (Lipinski definition) is 3. The third-order valence-electron chi connectivity index (χ3n) is 4.10. The van der Waals surface area contributed by atoms with Crippen LogP contribution in [0.2, 0.25) is 0 Å². The first-order valence-electron chi connectivity index (χ1n) is 9.82. The van der Waals surface area contributed by atoms with Gasteiger partial charge >= 0.3 is 0 Å². The Balaban J connectivity index is -0.000000132. The fourth-order valence-corrected chi connectivity index (χ4v) is 1.88. The SMILES string of the molecule is CC1=[C-]C(C)(C)C(C)=C1C.CCCCO.CCCCO.CCCCO.[Zr]. The predicted octanol–water partition coefficient (Wildman–Crippen LogP) is 5.45. The average Bonchev–Trinajstić information content (AvgIpc) is 2.73. The Morgan fingerprint density at radius 2 is 1.04 bits per heavy atom. The summed E-state index contributed by atoms with van der Waals surface area (Å²) in [5, 5.41) is 24.2. The van der Waals surface area contributed by atoms with E-state index in [4.69, 9.17) is 15.3 Å². The molecule has 1 rings (SSSR count). The van der Waals surface area contributed by atoms with Gasteiger partial charge in [0.2, 0.25) is 0 Å². The van der Waals surface area contributed by atoms with Crippen LogP contribution in [0.15, 0.2) is 16.7 Å². The molecular weight excluding hydrogens is 403 g/mol. The Labute approximate surface area is 183 Å². The minimum absolute atomic E-state index is 0. The summed E-state index contributed by atoms with van der Waals surface area (Å²) >= 11 is 0. The summed E-state index contributed by atoms with van der Waals surface area (Å²) in [5.41, 5.74) is 4.39. The predicted molar refractivity (Wildman–Crippen MR) is 111 cm³/mol. The number of aliphatic hydroxyl groups excluding tert-OH is 3. The molecule has 0 aliphatic heterocycles. The van der Waals surface area contributed by atoms with Gasteiger partial charge in [0.1, 0.15) is 0 Å². The van der Waals surface area contributed by atoms with Crippen LogP contribution >= 0.6 is 0 Å². The van der Waals surface area contributed by atoms with E-state index in [2.05, 4.69) is 61.5 Å². The average molecular weight is 449 g/mol. The van der Waals surface area contributed by atoms with Crippen LogP contribution < -0.4 is 0 Å². The van der Waals surface area contributed by atoms with Crippen molar-refractivity contribution in [1.82, 2.24) is 0 Å². The number of hydrogen-bond donors (Lipinski definition) is 3. The summed E-state index contributed by atoms with van der Waals surface area (Å²) in [6.45, 7) is 18.1. The quantitative estimate of drug-likeness (QED) is 0.474. The minimum Gasteiger partial charge on any atom is -0.396 e. The molecule has 0 amide bonds.